The Morgan fingerprint density at radius 2 is 2.00 bits per heavy atom. The number of nitrogens with zero attached hydrogens (tertiary/aromatic N) is 1. The fourth-order valence-corrected chi connectivity index (χ4v) is 0.752. The van der Waals surface area contributed by atoms with Gasteiger partial charge in [0.1, 0.15) is 0 Å². The summed E-state index contributed by atoms with van der Waals surface area (Å²) in [6.07, 6.45) is 8.29. The molecule has 1 nitrogen and oxygen atoms in total. The predicted octanol–water partition coefficient (Wildman–Crippen LogP) is 3.03. The van der Waals surface area contributed by atoms with Crippen LogP contribution in [0.5, 0.6) is 0 Å². The molecule has 1 aliphatic heterocycles. The van der Waals surface area contributed by atoms with Crippen LogP contribution in [0.15, 0.2) is 17.3 Å². The van der Waals surface area contributed by atoms with Gasteiger partial charge in [-0.25, -0.2) is 0 Å². The molecule has 1 rings (SSSR count). The molecule has 10 heavy (non-hydrogen) atoms. The van der Waals surface area contributed by atoms with Crippen molar-refractivity contribution in [2.45, 2.75) is 33.6 Å². The van der Waals surface area contributed by atoms with Crippen LogP contribution in [0.4, 0.5) is 0 Å². The minimum atomic E-state index is 0.789. The summed E-state index contributed by atoms with van der Waals surface area (Å²) < 4.78 is 0. The highest BCUT2D eigenvalue weighted by Crippen LogP contribution is 2.08. The fourth-order valence-electron chi connectivity index (χ4n) is 0.752. The molecule has 0 aromatic carbocycles. The van der Waals surface area contributed by atoms with Crippen molar-refractivity contribution < 1.29 is 0 Å². The van der Waals surface area contributed by atoms with Gasteiger partial charge in [0.2, 0.25) is 0 Å². The van der Waals surface area contributed by atoms with Crippen LogP contribution < -0.4 is 0 Å². The van der Waals surface area contributed by atoms with Crippen LogP contribution in [0.2, 0.25) is 0 Å². The first kappa shape index (κ1) is 9.41. The molecule has 0 N–H and O–H groups in total. The Hall–Kier alpha value is -0.590. The van der Waals surface area contributed by atoms with Gasteiger partial charge in [0, 0.05) is 12.4 Å². The zero-order chi connectivity index (χ0) is 7.82. The summed E-state index contributed by atoms with van der Waals surface area (Å²) in [6, 6.07) is 0. The number of rotatable bonds is 0. The highest BCUT2D eigenvalue weighted by atomic mass is 14.7. The molecule has 0 aromatic rings. The van der Waals surface area contributed by atoms with Crippen LogP contribution in [0, 0.1) is 5.92 Å². The smallest absolute Gasteiger partial charge is 0.0224 e. The van der Waals surface area contributed by atoms with E-state index in [1.807, 2.05) is 26.3 Å². The molecule has 0 saturated heterocycles. The summed E-state index contributed by atoms with van der Waals surface area (Å²) in [7, 11) is 0. The van der Waals surface area contributed by atoms with E-state index in [0.717, 1.165) is 12.3 Å². The third-order valence-electron chi connectivity index (χ3n) is 1.34. The molecular formula is C9H17N. The molecule has 0 radical (unpaired) electrons. The third kappa shape index (κ3) is 4.30. The van der Waals surface area contributed by atoms with Crippen molar-refractivity contribution in [3.8, 4) is 0 Å². The van der Waals surface area contributed by atoms with E-state index in [1.165, 1.54) is 6.42 Å². The first-order chi connectivity index (χ1) is 4.89. The van der Waals surface area contributed by atoms with E-state index in [9.17, 15) is 0 Å². The van der Waals surface area contributed by atoms with Crippen molar-refractivity contribution in [2.24, 2.45) is 10.9 Å². The molecular weight excluding hydrogens is 122 g/mol. The van der Waals surface area contributed by atoms with Crippen molar-refractivity contribution in [1.29, 1.82) is 0 Å². The van der Waals surface area contributed by atoms with Crippen LogP contribution in [-0.2, 0) is 0 Å². The molecule has 0 bridgehead atoms. The van der Waals surface area contributed by atoms with E-state index in [4.69, 9.17) is 0 Å². The average Bonchev–Trinajstić information content (AvgIpc) is 2.21. The first-order valence-electron chi connectivity index (χ1n) is 4.06. The molecule has 0 amide bonds. The van der Waals surface area contributed by atoms with Gasteiger partial charge in [0.25, 0.3) is 0 Å². The number of allylic oxidation sites excluding steroid dienone is 1. The van der Waals surface area contributed by atoms with E-state index in [2.05, 4.69) is 18.0 Å². The standard InChI is InChI=1S/C7H11N.C2H6/c1-7-3-2-5-8-6-4-7;1-2/h2,5-7H,3-4H2,1H3;1-2H3. The largest absolute Gasteiger partial charge is 0.269 e. The lowest BCUT2D eigenvalue weighted by Gasteiger charge is -1.98. The molecule has 0 spiro atoms. The van der Waals surface area contributed by atoms with Gasteiger partial charge in [0.05, 0.1) is 0 Å². The van der Waals surface area contributed by atoms with Crippen LogP contribution in [-0.4, -0.2) is 6.21 Å². The van der Waals surface area contributed by atoms with Crippen LogP contribution in [0.25, 0.3) is 0 Å². The van der Waals surface area contributed by atoms with Gasteiger partial charge in [-0.2, -0.15) is 0 Å². The molecule has 1 atom stereocenters. The minimum Gasteiger partial charge on any atom is -0.269 e. The maximum Gasteiger partial charge on any atom is 0.0224 e. The van der Waals surface area contributed by atoms with Gasteiger partial charge in [-0.15, -0.1) is 0 Å². The highest BCUT2D eigenvalue weighted by molar-refractivity contribution is 5.58. The van der Waals surface area contributed by atoms with Gasteiger partial charge in [-0.1, -0.05) is 26.8 Å². The fraction of sp³-hybridized carbons (Fsp3) is 0.667. The van der Waals surface area contributed by atoms with Crippen molar-refractivity contribution in [3.05, 3.63) is 12.3 Å². The summed E-state index contributed by atoms with van der Waals surface area (Å²) in [4.78, 5) is 4.02. The molecule has 1 unspecified atom stereocenters. The molecule has 0 fully saturated rings. The number of aliphatic imine (C=N–C) groups is 1. The summed E-state index contributed by atoms with van der Waals surface area (Å²) in [5.74, 6) is 0.789. The molecule has 1 aliphatic rings. The second kappa shape index (κ2) is 6.53. The lowest BCUT2D eigenvalue weighted by atomic mass is 10.1. The van der Waals surface area contributed by atoms with Crippen LogP contribution in [0.1, 0.15) is 33.6 Å². The van der Waals surface area contributed by atoms with Gasteiger partial charge in [-0.3, -0.25) is 4.99 Å². The predicted molar refractivity (Wildman–Crippen MR) is 47.4 cm³/mol. The maximum absolute atomic E-state index is 4.02. The Morgan fingerprint density at radius 1 is 1.30 bits per heavy atom. The number of hydrogen-bond acceptors (Lipinski definition) is 1. The average molecular weight is 139 g/mol. The Morgan fingerprint density at radius 3 is 2.70 bits per heavy atom. The quantitative estimate of drug-likeness (QED) is 0.489. The van der Waals surface area contributed by atoms with E-state index in [0.29, 0.717) is 0 Å². The number of hydrogen-bond donors (Lipinski definition) is 0. The molecule has 58 valence electrons. The lowest BCUT2D eigenvalue weighted by Crippen LogP contribution is -1.90. The monoisotopic (exact) mass is 139 g/mol. The van der Waals surface area contributed by atoms with E-state index >= 15 is 0 Å². The Balaban J connectivity index is 0.000000371. The van der Waals surface area contributed by atoms with Gasteiger partial charge in [-0.05, 0) is 18.8 Å². The SMILES string of the molecule is CC.CC1CC=CN=CC1. The molecule has 0 aliphatic carbocycles. The zero-order valence-electron chi connectivity index (χ0n) is 7.17. The normalized spacial score (nSPS) is 22.9. The van der Waals surface area contributed by atoms with E-state index in [-0.39, 0.29) is 0 Å². The second-order valence-electron chi connectivity index (χ2n) is 2.29. The van der Waals surface area contributed by atoms with E-state index < -0.39 is 0 Å². The molecule has 0 aromatic heterocycles. The summed E-state index contributed by atoms with van der Waals surface area (Å²) in [5, 5.41) is 0. The summed E-state index contributed by atoms with van der Waals surface area (Å²) >= 11 is 0. The van der Waals surface area contributed by atoms with Crippen molar-refractivity contribution in [3.63, 3.8) is 0 Å². The van der Waals surface area contributed by atoms with Crippen molar-refractivity contribution >= 4 is 6.21 Å². The minimum absolute atomic E-state index is 0.789. The highest BCUT2D eigenvalue weighted by Gasteiger charge is 1.97. The lowest BCUT2D eigenvalue weighted by molar-refractivity contribution is 0.629. The molecule has 1 heterocycles. The summed E-state index contributed by atoms with van der Waals surface area (Å²) in [6.45, 7) is 6.24. The van der Waals surface area contributed by atoms with Crippen LogP contribution >= 0.6 is 0 Å². The molecule has 1 heteroatoms. The van der Waals surface area contributed by atoms with Crippen LogP contribution in [0.3, 0.4) is 0 Å². The third-order valence-corrected chi connectivity index (χ3v) is 1.34. The van der Waals surface area contributed by atoms with E-state index in [1.54, 1.807) is 0 Å². The Kier molecular flexibility index (Phi) is 6.14. The molecule has 0 saturated carbocycles. The summed E-state index contributed by atoms with van der Waals surface area (Å²) in [5.41, 5.74) is 0. The first-order valence-corrected chi connectivity index (χ1v) is 4.06. The Labute approximate surface area is 63.9 Å². The van der Waals surface area contributed by atoms with Gasteiger partial charge >= 0.3 is 0 Å². The zero-order valence-corrected chi connectivity index (χ0v) is 7.17. The topological polar surface area (TPSA) is 12.4 Å². The second-order valence-corrected chi connectivity index (χ2v) is 2.29. The maximum atomic E-state index is 4.02. The van der Waals surface area contributed by atoms with Crippen molar-refractivity contribution in [2.75, 3.05) is 0 Å². The van der Waals surface area contributed by atoms with Gasteiger partial charge < -0.3 is 0 Å². The van der Waals surface area contributed by atoms with Gasteiger partial charge in [0.15, 0.2) is 0 Å². The van der Waals surface area contributed by atoms with Crippen molar-refractivity contribution in [1.82, 2.24) is 0 Å². The Bertz CT molecular complexity index is 99.9.